The van der Waals surface area contributed by atoms with E-state index in [1.165, 1.54) is 5.56 Å². The lowest BCUT2D eigenvalue weighted by molar-refractivity contribution is -0.132. The maximum Gasteiger partial charge on any atom is 0.123 e. The Hall–Kier alpha value is -1.10. The minimum absolute atomic E-state index is 0.265. The summed E-state index contributed by atoms with van der Waals surface area (Å²) in [4.78, 5) is 0. The summed E-state index contributed by atoms with van der Waals surface area (Å²) in [5.41, 5.74) is 1.19. The highest BCUT2D eigenvalue weighted by molar-refractivity contribution is 5.33. The molecule has 0 saturated carbocycles. The van der Waals surface area contributed by atoms with Gasteiger partial charge in [0.25, 0.3) is 0 Å². The van der Waals surface area contributed by atoms with Crippen molar-refractivity contribution in [2.24, 2.45) is 5.92 Å². The molecular formula is C16H25NO3. The summed E-state index contributed by atoms with van der Waals surface area (Å²) < 4.78 is 16.5. The van der Waals surface area contributed by atoms with Crippen molar-refractivity contribution in [1.82, 2.24) is 5.32 Å². The van der Waals surface area contributed by atoms with Crippen LogP contribution in [0.2, 0.25) is 0 Å². The minimum Gasteiger partial charge on any atom is -0.491 e. The Bertz CT molecular complexity index is 391. The van der Waals surface area contributed by atoms with Gasteiger partial charge in [-0.25, -0.2) is 0 Å². The maximum atomic E-state index is 5.81. The first kappa shape index (κ1) is 15.3. The zero-order chi connectivity index (χ0) is 14.2. The molecular weight excluding hydrogens is 254 g/mol. The molecule has 1 aliphatic rings. The number of benzene rings is 1. The van der Waals surface area contributed by atoms with Crippen LogP contribution in [0, 0.1) is 5.92 Å². The molecule has 0 aliphatic carbocycles. The fourth-order valence-corrected chi connectivity index (χ4v) is 1.96. The molecule has 1 aromatic carbocycles. The van der Waals surface area contributed by atoms with E-state index in [0.717, 1.165) is 32.1 Å². The highest BCUT2D eigenvalue weighted by Crippen LogP contribution is 2.17. The third-order valence-corrected chi connectivity index (χ3v) is 3.14. The van der Waals surface area contributed by atoms with Gasteiger partial charge in [-0.2, -0.15) is 0 Å². The molecule has 4 nitrogen and oxygen atoms in total. The minimum atomic E-state index is 0.265. The first-order valence-electron chi connectivity index (χ1n) is 7.36. The molecule has 1 N–H and O–H groups in total. The summed E-state index contributed by atoms with van der Waals surface area (Å²) in [5, 5.41) is 3.44. The fraction of sp³-hybridized carbons (Fsp3) is 0.625. The second-order valence-corrected chi connectivity index (χ2v) is 5.51. The average molecular weight is 279 g/mol. The molecule has 1 aliphatic heterocycles. The van der Waals surface area contributed by atoms with Crippen molar-refractivity contribution >= 4 is 0 Å². The Balaban J connectivity index is 1.71. The Labute approximate surface area is 121 Å². The summed E-state index contributed by atoms with van der Waals surface area (Å²) in [6.07, 6.45) is 0.265. The Morgan fingerprint density at radius 2 is 2.05 bits per heavy atom. The van der Waals surface area contributed by atoms with E-state index in [1.54, 1.807) is 0 Å². The van der Waals surface area contributed by atoms with Gasteiger partial charge in [-0.15, -0.1) is 0 Å². The quantitative estimate of drug-likeness (QED) is 0.704. The zero-order valence-corrected chi connectivity index (χ0v) is 12.4. The zero-order valence-electron chi connectivity index (χ0n) is 12.4. The average Bonchev–Trinajstić information content (AvgIpc) is 2.37. The number of hydrogen-bond donors (Lipinski definition) is 1. The van der Waals surface area contributed by atoms with Crippen LogP contribution in [0.3, 0.4) is 0 Å². The fourth-order valence-electron chi connectivity index (χ4n) is 1.96. The van der Waals surface area contributed by atoms with Gasteiger partial charge in [0, 0.05) is 12.1 Å². The highest BCUT2D eigenvalue weighted by Gasteiger charge is 2.18. The molecule has 0 unspecified atom stereocenters. The van der Waals surface area contributed by atoms with Crippen LogP contribution in [0.1, 0.15) is 19.4 Å². The van der Waals surface area contributed by atoms with Gasteiger partial charge >= 0.3 is 0 Å². The molecule has 1 aromatic rings. The first-order valence-corrected chi connectivity index (χ1v) is 7.36. The van der Waals surface area contributed by atoms with Gasteiger partial charge in [0.2, 0.25) is 0 Å². The lowest BCUT2D eigenvalue weighted by Gasteiger charge is -2.25. The molecule has 1 fully saturated rings. The topological polar surface area (TPSA) is 39.7 Å². The van der Waals surface area contributed by atoms with Gasteiger partial charge in [-0.05, 0) is 18.5 Å². The van der Waals surface area contributed by atoms with Crippen LogP contribution in [-0.4, -0.2) is 39.1 Å². The third kappa shape index (κ3) is 5.12. The summed E-state index contributed by atoms with van der Waals surface area (Å²) in [6.45, 7) is 8.89. The SMILES string of the molecule is CC(C)CNCc1ccccc1OCCOC1COC1. The Morgan fingerprint density at radius 3 is 2.75 bits per heavy atom. The van der Waals surface area contributed by atoms with E-state index < -0.39 is 0 Å². The van der Waals surface area contributed by atoms with Crippen molar-refractivity contribution in [1.29, 1.82) is 0 Å². The van der Waals surface area contributed by atoms with E-state index in [2.05, 4.69) is 25.2 Å². The lowest BCUT2D eigenvalue weighted by Crippen LogP contribution is -2.37. The van der Waals surface area contributed by atoms with Crippen LogP contribution < -0.4 is 10.1 Å². The molecule has 4 heteroatoms. The lowest BCUT2D eigenvalue weighted by atomic mass is 10.2. The number of nitrogens with one attached hydrogen (secondary N) is 1. The van der Waals surface area contributed by atoms with Gasteiger partial charge in [0.1, 0.15) is 18.5 Å². The largest absolute Gasteiger partial charge is 0.491 e. The second kappa shape index (κ2) is 8.25. The molecule has 0 bridgehead atoms. The molecule has 0 atom stereocenters. The summed E-state index contributed by atoms with van der Waals surface area (Å²) >= 11 is 0. The Morgan fingerprint density at radius 1 is 1.25 bits per heavy atom. The normalized spacial score (nSPS) is 15.3. The van der Waals surface area contributed by atoms with Crippen molar-refractivity contribution in [3.63, 3.8) is 0 Å². The van der Waals surface area contributed by atoms with E-state index in [4.69, 9.17) is 14.2 Å². The van der Waals surface area contributed by atoms with Gasteiger partial charge in [0.05, 0.1) is 19.8 Å². The van der Waals surface area contributed by atoms with Crippen molar-refractivity contribution in [2.45, 2.75) is 26.5 Å². The van der Waals surface area contributed by atoms with E-state index in [1.807, 2.05) is 18.2 Å². The van der Waals surface area contributed by atoms with Gasteiger partial charge in [0.15, 0.2) is 0 Å². The summed E-state index contributed by atoms with van der Waals surface area (Å²) in [7, 11) is 0. The van der Waals surface area contributed by atoms with E-state index in [9.17, 15) is 0 Å². The van der Waals surface area contributed by atoms with Crippen molar-refractivity contribution in [3.8, 4) is 5.75 Å². The van der Waals surface area contributed by atoms with Crippen LogP contribution in [0.25, 0.3) is 0 Å². The monoisotopic (exact) mass is 279 g/mol. The van der Waals surface area contributed by atoms with E-state index in [0.29, 0.717) is 19.1 Å². The molecule has 1 saturated heterocycles. The number of rotatable bonds is 9. The van der Waals surface area contributed by atoms with Crippen LogP contribution >= 0.6 is 0 Å². The predicted octanol–water partition coefficient (Wildman–Crippen LogP) is 2.23. The van der Waals surface area contributed by atoms with Crippen molar-refractivity contribution < 1.29 is 14.2 Å². The molecule has 112 valence electrons. The van der Waals surface area contributed by atoms with Crippen LogP contribution in [-0.2, 0) is 16.0 Å². The van der Waals surface area contributed by atoms with Gasteiger partial charge in [-0.3, -0.25) is 0 Å². The number of hydrogen-bond acceptors (Lipinski definition) is 4. The second-order valence-electron chi connectivity index (χ2n) is 5.51. The molecule has 1 heterocycles. The van der Waals surface area contributed by atoms with Crippen LogP contribution in [0.5, 0.6) is 5.75 Å². The van der Waals surface area contributed by atoms with Crippen LogP contribution in [0.15, 0.2) is 24.3 Å². The standard InChI is InChI=1S/C16H25NO3/c1-13(2)9-17-10-14-5-3-4-6-16(14)20-8-7-19-15-11-18-12-15/h3-6,13,15,17H,7-12H2,1-2H3. The number of ether oxygens (including phenoxy) is 3. The first-order chi connectivity index (χ1) is 9.75. The molecule has 0 spiro atoms. The molecule has 0 radical (unpaired) electrons. The predicted molar refractivity (Wildman–Crippen MR) is 79.0 cm³/mol. The molecule has 0 amide bonds. The van der Waals surface area contributed by atoms with Crippen molar-refractivity contribution in [3.05, 3.63) is 29.8 Å². The summed E-state index contributed by atoms with van der Waals surface area (Å²) in [5.74, 6) is 1.60. The Kier molecular flexibility index (Phi) is 6.30. The maximum absolute atomic E-state index is 5.81. The molecule has 2 rings (SSSR count). The highest BCUT2D eigenvalue weighted by atomic mass is 16.6. The summed E-state index contributed by atoms with van der Waals surface area (Å²) in [6, 6.07) is 8.16. The molecule has 20 heavy (non-hydrogen) atoms. The molecule has 0 aromatic heterocycles. The van der Waals surface area contributed by atoms with Crippen molar-refractivity contribution in [2.75, 3.05) is 33.0 Å². The third-order valence-electron chi connectivity index (χ3n) is 3.14. The van der Waals surface area contributed by atoms with E-state index >= 15 is 0 Å². The van der Waals surface area contributed by atoms with Gasteiger partial charge < -0.3 is 19.5 Å². The smallest absolute Gasteiger partial charge is 0.123 e. The van der Waals surface area contributed by atoms with Crippen LogP contribution in [0.4, 0.5) is 0 Å². The van der Waals surface area contributed by atoms with Gasteiger partial charge in [-0.1, -0.05) is 32.0 Å². The number of para-hydroxylation sites is 1. The van der Waals surface area contributed by atoms with E-state index in [-0.39, 0.29) is 6.10 Å².